The van der Waals surface area contributed by atoms with Crippen molar-refractivity contribution < 1.29 is 13.9 Å². The van der Waals surface area contributed by atoms with Gasteiger partial charge >= 0.3 is 0 Å². The molecule has 0 unspecified atom stereocenters. The molecular formula is C28H27NO3. The number of furan rings is 1. The maximum absolute atomic E-state index is 12.6. The first kappa shape index (κ1) is 21.4. The number of rotatable bonds is 7. The van der Waals surface area contributed by atoms with Gasteiger partial charge in [0.05, 0.1) is 0 Å². The van der Waals surface area contributed by atoms with Gasteiger partial charge in [-0.3, -0.25) is 4.79 Å². The van der Waals surface area contributed by atoms with Crippen LogP contribution in [0.25, 0.3) is 11.1 Å². The normalized spacial score (nSPS) is 10.9. The molecule has 4 nitrogen and oxygen atoms in total. The highest BCUT2D eigenvalue weighted by molar-refractivity contribution is 6.02. The third kappa shape index (κ3) is 5.09. The SMILES string of the molecule is Cc1ccc(C(C)C)c(OCc2ccc(C(=O)Nc3ccc(-c4ccccc4)cc3)o2)c1. The number of hydrogen-bond donors (Lipinski definition) is 1. The van der Waals surface area contributed by atoms with Crippen molar-refractivity contribution in [2.24, 2.45) is 0 Å². The first-order valence-electron chi connectivity index (χ1n) is 10.8. The molecule has 0 saturated carbocycles. The average molecular weight is 426 g/mol. The molecule has 0 radical (unpaired) electrons. The summed E-state index contributed by atoms with van der Waals surface area (Å²) >= 11 is 0. The lowest BCUT2D eigenvalue weighted by atomic mass is 10.0. The Balaban J connectivity index is 1.38. The number of nitrogens with one attached hydrogen (secondary N) is 1. The van der Waals surface area contributed by atoms with Crippen molar-refractivity contribution in [3.8, 4) is 16.9 Å². The molecule has 1 aromatic heterocycles. The zero-order valence-electron chi connectivity index (χ0n) is 18.6. The molecule has 0 aliphatic rings. The van der Waals surface area contributed by atoms with E-state index in [0.717, 1.165) is 28.0 Å². The van der Waals surface area contributed by atoms with Gasteiger partial charge in [0.25, 0.3) is 5.91 Å². The fourth-order valence-electron chi connectivity index (χ4n) is 3.54. The number of carbonyl (C=O) groups excluding carboxylic acids is 1. The van der Waals surface area contributed by atoms with E-state index in [1.165, 1.54) is 0 Å². The van der Waals surface area contributed by atoms with Crippen LogP contribution in [0.15, 0.2) is 89.3 Å². The molecule has 0 saturated heterocycles. The van der Waals surface area contributed by atoms with Crippen molar-refractivity contribution in [3.63, 3.8) is 0 Å². The highest BCUT2D eigenvalue weighted by atomic mass is 16.5. The molecule has 0 fully saturated rings. The van der Waals surface area contributed by atoms with Crippen LogP contribution in [-0.4, -0.2) is 5.91 Å². The fraction of sp³-hybridized carbons (Fsp3) is 0.179. The van der Waals surface area contributed by atoms with E-state index < -0.39 is 0 Å². The third-order valence-corrected chi connectivity index (χ3v) is 5.30. The topological polar surface area (TPSA) is 51.5 Å². The van der Waals surface area contributed by atoms with E-state index in [2.05, 4.69) is 43.4 Å². The van der Waals surface area contributed by atoms with Crippen LogP contribution in [0.1, 0.15) is 47.2 Å². The van der Waals surface area contributed by atoms with Gasteiger partial charge in [0.1, 0.15) is 18.1 Å². The van der Waals surface area contributed by atoms with Gasteiger partial charge in [-0.15, -0.1) is 0 Å². The molecule has 0 bridgehead atoms. The molecule has 0 aliphatic carbocycles. The number of carbonyl (C=O) groups is 1. The molecule has 1 amide bonds. The first-order valence-corrected chi connectivity index (χ1v) is 10.8. The number of amides is 1. The van der Waals surface area contributed by atoms with E-state index in [-0.39, 0.29) is 18.3 Å². The van der Waals surface area contributed by atoms with Crippen molar-refractivity contribution in [2.45, 2.75) is 33.3 Å². The summed E-state index contributed by atoms with van der Waals surface area (Å²) in [6.45, 7) is 6.58. The summed E-state index contributed by atoms with van der Waals surface area (Å²) in [7, 11) is 0. The maximum atomic E-state index is 12.6. The van der Waals surface area contributed by atoms with Crippen molar-refractivity contribution >= 4 is 11.6 Å². The number of anilines is 1. The van der Waals surface area contributed by atoms with E-state index in [9.17, 15) is 4.79 Å². The number of ether oxygens (including phenoxy) is 1. The lowest BCUT2D eigenvalue weighted by molar-refractivity contribution is 0.0992. The molecule has 1 heterocycles. The van der Waals surface area contributed by atoms with Crippen LogP contribution in [0, 0.1) is 6.92 Å². The minimum Gasteiger partial charge on any atom is -0.485 e. The zero-order valence-corrected chi connectivity index (χ0v) is 18.6. The molecule has 3 aromatic carbocycles. The molecule has 0 aliphatic heterocycles. The molecule has 32 heavy (non-hydrogen) atoms. The molecule has 0 atom stereocenters. The van der Waals surface area contributed by atoms with Gasteiger partial charge < -0.3 is 14.5 Å². The second kappa shape index (κ2) is 9.56. The highest BCUT2D eigenvalue weighted by Crippen LogP contribution is 2.28. The van der Waals surface area contributed by atoms with E-state index in [4.69, 9.17) is 9.15 Å². The second-order valence-corrected chi connectivity index (χ2v) is 8.15. The van der Waals surface area contributed by atoms with E-state index in [1.807, 2.05) is 55.5 Å². The Morgan fingerprint density at radius 1 is 0.906 bits per heavy atom. The summed E-state index contributed by atoms with van der Waals surface area (Å²) in [5.41, 5.74) is 5.24. The largest absolute Gasteiger partial charge is 0.485 e. The average Bonchev–Trinajstić information content (AvgIpc) is 3.28. The summed E-state index contributed by atoms with van der Waals surface area (Å²) in [4.78, 5) is 12.6. The van der Waals surface area contributed by atoms with Crippen molar-refractivity contribution in [3.05, 3.63) is 108 Å². The third-order valence-electron chi connectivity index (χ3n) is 5.30. The lowest BCUT2D eigenvalue weighted by Crippen LogP contribution is -2.10. The number of hydrogen-bond acceptors (Lipinski definition) is 3. The highest BCUT2D eigenvalue weighted by Gasteiger charge is 2.14. The molecule has 1 N–H and O–H groups in total. The Morgan fingerprint density at radius 3 is 2.34 bits per heavy atom. The Hall–Kier alpha value is -3.79. The Kier molecular flexibility index (Phi) is 6.41. The summed E-state index contributed by atoms with van der Waals surface area (Å²) in [5, 5.41) is 2.88. The van der Waals surface area contributed by atoms with Crippen LogP contribution in [0.5, 0.6) is 5.75 Å². The molecular weight excluding hydrogens is 398 g/mol. The molecule has 4 rings (SSSR count). The molecule has 4 heteroatoms. The number of benzene rings is 3. The van der Waals surface area contributed by atoms with Gasteiger partial charge in [-0.2, -0.15) is 0 Å². The number of aryl methyl sites for hydroxylation is 1. The van der Waals surface area contributed by atoms with Gasteiger partial charge in [0.15, 0.2) is 5.76 Å². The summed E-state index contributed by atoms with van der Waals surface area (Å²) < 4.78 is 11.7. The van der Waals surface area contributed by atoms with Gasteiger partial charge in [0.2, 0.25) is 0 Å². The summed E-state index contributed by atoms with van der Waals surface area (Å²) in [6, 6.07) is 27.5. The van der Waals surface area contributed by atoms with E-state index in [1.54, 1.807) is 12.1 Å². The minimum atomic E-state index is -0.290. The van der Waals surface area contributed by atoms with Crippen LogP contribution >= 0.6 is 0 Å². The van der Waals surface area contributed by atoms with Crippen LogP contribution < -0.4 is 10.1 Å². The fourth-order valence-corrected chi connectivity index (χ4v) is 3.54. The monoisotopic (exact) mass is 425 g/mol. The maximum Gasteiger partial charge on any atom is 0.291 e. The Labute approximate surface area is 188 Å². The van der Waals surface area contributed by atoms with E-state index >= 15 is 0 Å². The van der Waals surface area contributed by atoms with Gasteiger partial charge in [-0.05, 0) is 65.4 Å². The molecule has 4 aromatic rings. The van der Waals surface area contributed by atoms with E-state index in [0.29, 0.717) is 17.4 Å². The first-order chi connectivity index (χ1) is 15.5. The van der Waals surface area contributed by atoms with Crippen LogP contribution in [-0.2, 0) is 6.61 Å². The molecule has 0 spiro atoms. The predicted octanol–water partition coefficient (Wildman–Crippen LogP) is 7.21. The quantitative estimate of drug-likeness (QED) is 0.340. The van der Waals surface area contributed by atoms with Gasteiger partial charge in [-0.25, -0.2) is 0 Å². The Bertz CT molecular complexity index is 1190. The van der Waals surface area contributed by atoms with Crippen LogP contribution in [0.4, 0.5) is 5.69 Å². The Morgan fingerprint density at radius 2 is 1.62 bits per heavy atom. The predicted molar refractivity (Wildman–Crippen MR) is 128 cm³/mol. The van der Waals surface area contributed by atoms with Crippen molar-refractivity contribution in [2.75, 3.05) is 5.32 Å². The van der Waals surface area contributed by atoms with Gasteiger partial charge in [0, 0.05) is 5.69 Å². The van der Waals surface area contributed by atoms with Crippen molar-refractivity contribution in [1.82, 2.24) is 0 Å². The van der Waals surface area contributed by atoms with Crippen LogP contribution in [0.3, 0.4) is 0 Å². The summed E-state index contributed by atoms with van der Waals surface area (Å²) in [5.74, 6) is 1.77. The van der Waals surface area contributed by atoms with Gasteiger partial charge in [-0.1, -0.05) is 68.4 Å². The standard InChI is InChI=1S/C28H27NO3/c1-19(2)25-15-9-20(3)17-27(25)31-18-24-14-16-26(32-24)28(30)29-23-12-10-22(11-13-23)21-7-5-4-6-8-21/h4-17,19H,18H2,1-3H3,(H,29,30). The summed E-state index contributed by atoms with van der Waals surface area (Å²) in [6.07, 6.45) is 0. The van der Waals surface area contributed by atoms with Crippen LogP contribution in [0.2, 0.25) is 0 Å². The lowest BCUT2D eigenvalue weighted by Gasteiger charge is -2.14. The minimum absolute atomic E-state index is 0.254. The zero-order chi connectivity index (χ0) is 22.5. The molecule has 162 valence electrons. The second-order valence-electron chi connectivity index (χ2n) is 8.15. The smallest absolute Gasteiger partial charge is 0.291 e. The van der Waals surface area contributed by atoms with Crippen molar-refractivity contribution in [1.29, 1.82) is 0 Å².